The van der Waals surface area contributed by atoms with Crippen LogP contribution in [0.15, 0.2) is 42.7 Å². The van der Waals surface area contributed by atoms with E-state index in [9.17, 15) is 4.79 Å². The lowest BCUT2D eigenvalue weighted by Crippen LogP contribution is -2.38. The molecule has 0 aliphatic heterocycles. The number of nitrogens with one attached hydrogen (secondary N) is 1. The molecule has 2 aromatic rings. The van der Waals surface area contributed by atoms with Crippen molar-refractivity contribution in [1.29, 1.82) is 0 Å². The molecule has 0 saturated heterocycles. The quantitative estimate of drug-likeness (QED) is 0.807. The summed E-state index contributed by atoms with van der Waals surface area (Å²) in [6.45, 7) is 4.69. The maximum atomic E-state index is 12.5. The van der Waals surface area contributed by atoms with Crippen molar-refractivity contribution < 1.29 is 9.53 Å². The molecule has 1 unspecified atom stereocenters. The van der Waals surface area contributed by atoms with Gasteiger partial charge in [-0.05, 0) is 62.3 Å². The van der Waals surface area contributed by atoms with Gasteiger partial charge in [-0.3, -0.25) is 4.98 Å². The Labute approximate surface area is 167 Å². The van der Waals surface area contributed by atoms with Crippen LogP contribution in [-0.2, 0) is 6.54 Å². The first-order chi connectivity index (χ1) is 13.5. The number of hydrogen-bond acceptors (Lipinski definition) is 4. The highest BCUT2D eigenvalue weighted by Gasteiger charge is 2.20. The molecule has 1 saturated carbocycles. The summed E-state index contributed by atoms with van der Waals surface area (Å²) in [4.78, 5) is 22.8. The van der Waals surface area contributed by atoms with E-state index in [1.54, 1.807) is 24.3 Å². The summed E-state index contributed by atoms with van der Waals surface area (Å²) in [7, 11) is 1.78. The molecule has 1 fully saturated rings. The minimum Gasteiger partial charge on any atom is -0.474 e. The number of carbonyl (C=O) groups is 1. The topological polar surface area (TPSA) is 67.3 Å². The number of amides is 2. The fourth-order valence-corrected chi connectivity index (χ4v) is 3.44. The molecule has 1 N–H and O–H groups in total. The van der Waals surface area contributed by atoms with Crippen molar-refractivity contribution in [2.75, 3.05) is 7.05 Å². The number of ether oxygens (including phenoxy) is 1. The smallest absolute Gasteiger partial charge is 0.317 e. The number of hydrogen-bond donors (Lipinski definition) is 1. The van der Waals surface area contributed by atoms with E-state index >= 15 is 0 Å². The standard InChI is InChI=1S/C22H30N4O2/c1-16-7-9-19(10-8-16)28-21-14-18(11-13-24-21)15-25-22(27)26(3)17(2)20-6-4-5-12-23-20/h4-6,11-14,16-17,19H,7-10,15H2,1-3H3,(H,25,27). The first kappa shape index (κ1) is 20.1. The lowest BCUT2D eigenvalue weighted by Gasteiger charge is -2.26. The second kappa shape index (κ2) is 9.53. The van der Waals surface area contributed by atoms with Crippen molar-refractivity contribution in [2.45, 2.75) is 58.2 Å². The maximum Gasteiger partial charge on any atom is 0.317 e. The summed E-state index contributed by atoms with van der Waals surface area (Å²) in [5.41, 5.74) is 1.84. The third kappa shape index (κ3) is 5.44. The molecule has 1 atom stereocenters. The van der Waals surface area contributed by atoms with Crippen molar-refractivity contribution in [3.8, 4) is 5.88 Å². The zero-order chi connectivity index (χ0) is 19.9. The van der Waals surface area contributed by atoms with E-state index in [1.807, 2.05) is 37.3 Å². The third-order valence-electron chi connectivity index (χ3n) is 5.51. The van der Waals surface area contributed by atoms with Crippen LogP contribution in [0.4, 0.5) is 4.79 Å². The molecule has 6 nitrogen and oxygen atoms in total. The lowest BCUT2D eigenvalue weighted by molar-refractivity contribution is 0.130. The predicted octanol–water partition coefficient (Wildman–Crippen LogP) is 4.34. The van der Waals surface area contributed by atoms with Crippen LogP contribution in [0.5, 0.6) is 5.88 Å². The normalized spacial score (nSPS) is 20.2. The molecule has 0 spiro atoms. The Morgan fingerprint density at radius 2 is 2.00 bits per heavy atom. The second-order valence-electron chi connectivity index (χ2n) is 7.70. The van der Waals surface area contributed by atoms with Crippen LogP contribution in [0.3, 0.4) is 0 Å². The molecule has 0 radical (unpaired) electrons. The summed E-state index contributed by atoms with van der Waals surface area (Å²) in [6.07, 6.45) is 8.31. The van der Waals surface area contributed by atoms with Crippen LogP contribution in [0, 0.1) is 5.92 Å². The van der Waals surface area contributed by atoms with Crippen LogP contribution in [0.1, 0.15) is 56.8 Å². The summed E-state index contributed by atoms with van der Waals surface area (Å²) in [5, 5.41) is 2.96. The number of rotatable bonds is 6. The van der Waals surface area contributed by atoms with Crippen LogP contribution >= 0.6 is 0 Å². The summed E-state index contributed by atoms with van der Waals surface area (Å²) >= 11 is 0. The number of nitrogens with zero attached hydrogens (tertiary/aromatic N) is 3. The van der Waals surface area contributed by atoms with E-state index in [2.05, 4.69) is 22.2 Å². The van der Waals surface area contributed by atoms with Crippen LogP contribution in [-0.4, -0.2) is 34.1 Å². The van der Waals surface area contributed by atoms with Crippen LogP contribution < -0.4 is 10.1 Å². The summed E-state index contributed by atoms with van der Waals surface area (Å²) < 4.78 is 6.05. The number of aromatic nitrogens is 2. The van der Waals surface area contributed by atoms with Gasteiger partial charge >= 0.3 is 6.03 Å². The molecule has 3 rings (SSSR count). The molecule has 28 heavy (non-hydrogen) atoms. The maximum absolute atomic E-state index is 12.5. The molecular weight excluding hydrogens is 352 g/mol. The highest BCUT2D eigenvalue weighted by Crippen LogP contribution is 2.26. The molecule has 1 aliphatic carbocycles. The van der Waals surface area contributed by atoms with Crippen molar-refractivity contribution in [2.24, 2.45) is 5.92 Å². The van der Waals surface area contributed by atoms with Gasteiger partial charge in [0.2, 0.25) is 5.88 Å². The highest BCUT2D eigenvalue weighted by atomic mass is 16.5. The van der Waals surface area contributed by atoms with Gasteiger partial charge in [-0.15, -0.1) is 0 Å². The van der Waals surface area contributed by atoms with E-state index in [0.29, 0.717) is 12.4 Å². The Bertz CT molecular complexity index is 760. The van der Waals surface area contributed by atoms with Crippen molar-refractivity contribution in [1.82, 2.24) is 20.2 Å². The van der Waals surface area contributed by atoms with E-state index in [1.165, 1.54) is 12.8 Å². The SMILES string of the molecule is CC1CCC(Oc2cc(CNC(=O)N(C)C(C)c3ccccn3)ccn2)CC1. The lowest BCUT2D eigenvalue weighted by atomic mass is 9.89. The van der Waals surface area contributed by atoms with Crippen molar-refractivity contribution >= 4 is 6.03 Å². The van der Waals surface area contributed by atoms with Gasteiger partial charge in [0.25, 0.3) is 0 Å². The zero-order valence-corrected chi connectivity index (χ0v) is 17.0. The minimum absolute atomic E-state index is 0.105. The molecule has 1 aliphatic rings. The number of urea groups is 1. The van der Waals surface area contributed by atoms with Gasteiger partial charge in [0.15, 0.2) is 0 Å². The molecule has 6 heteroatoms. The molecule has 0 aromatic carbocycles. The fraction of sp³-hybridized carbons (Fsp3) is 0.500. The minimum atomic E-state index is -0.140. The Balaban J connectivity index is 1.52. The third-order valence-corrected chi connectivity index (χ3v) is 5.51. The average molecular weight is 383 g/mol. The van der Waals surface area contributed by atoms with E-state index in [4.69, 9.17) is 4.74 Å². The Morgan fingerprint density at radius 3 is 2.71 bits per heavy atom. The first-order valence-electron chi connectivity index (χ1n) is 10.1. The van der Waals surface area contributed by atoms with Gasteiger partial charge in [-0.1, -0.05) is 13.0 Å². The van der Waals surface area contributed by atoms with E-state index < -0.39 is 0 Å². The molecular formula is C22H30N4O2. The van der Waals surface area contributed by atoms with Gasteiger partial charge in [0.05, 0.1) is 11.7 Å². The monoisotopic (exact) mass is 382 g/mol. The van der Waals surface area contributed by atoms with E-state index in [-0.39, 0.29) is 18.2 Å². The largest absolute Gasteiger partial charge is 0.474 e. The number of carbonyl (C=O) groups excluding carboxylic acids is 1. The van der Waals surface area contributed by atoms with Gasteiger partial charge in [0.1, 0.15) is 6.10 Å². The summed E-state index contributed by atoms with van der Waals surface area (Å²) in [6, 6.07) is 9.29. The predicted molar refractivity (Wildman–Crippen MR) is 109 cm³/mol. The second-order valence-corrected chi connectivity index (χ2v) is 7.70. The highest BCUT2D eigenvalue weighted by molar-refractivity contribution is 5.74. The molecule has 2 amide bonds. The van der Waals surface area contributed by atoms with Crippen LogP contribution in [0.25, 0.3) is 0 Å². The molecule has 2 aromatic heterocycles. The van der Waals surface area contributed by atoms with Gasteiger partial charge in [-0.2, -0.15) is 0 Å². The Kier molecular flexibility index (Phi) is 6.85. The van der Waals surface area contributed by atoms with Gasteiger partial charge in [-0.25, -0.2) is 9.78 Å². The Morgan fingerprint density at radius 1 is 1.21 bits per heavy atom. The van der Waals surface area contributed by atoms with Crippen molar-refractivity contribution in [3.63, 3.8) is 0 Å². The number of pyridine rings is 2. The molecule has 150 valence electrons. The zero-order valence-electron chi connectivity index (χ0n) is 17.0. The Hall–Kier alpha value is -2.63. The molecule has 2 heterocycles. The van der Waals surface area contributed by atoms with Gasteiger partial charge in [0, 0.05) is 32.1 Å². The first-order valence-corrected chi connectivity index (χ1v) is 10.1. The molecule has 0 bridgehead atoms. The van der Waals surface area contributed by atoms with E-state index in [0.717, 1.165) is 30.0 Å². The van der Waals surface area contributed by atoms with Crippen LogP contribution in [0.2, 0.25) is 0 Å². The average Bonchev–Trinajstić information content (AvgIpc) is 2.73. The fourth-order valence-electron chi connectivity index (χ4n) is 3.44. The van der Waals surface area contributed by atoms with Crippen molar-refractivity contribution in [3.05, 3.63) is 54.0 Å². The van der Waals surface area contributed by atoms with Gasteiger partial charge < -0.3 is 15.0 Å². The summed E-state index contributed by atoms with van der Waals surface area (Å²) in [5.74, 6) is 1.43.